The quantitative estimate of drug-likeness (QED) is 0.660. The van der Waals surface area contributed by atoms with Crippen molar-refractivity contribution in [2.24, 2.45) is 4.99 Å². The van der Waals surface area contributed by atoms with E-state index in [-0.39, 0.29) is 0 Å². The summed E-state index contributed by atoms with van der Waals surface area (Å²) < 4.78 is 39.3. The molecule has 0 atom stereocenters. The minimum atomic E-state index is -4.24. The minimum absolute atomic E-state index is 0.297. The van der Waals surface area contributed by atoms with Crippen molar-refractivity contribution in [2.75, 3.05) is 13.1 Å². The predicted molar refractivity (Wildman–Crippen MR) is 102 cm³/mol. The van der Waals surface area contributed by atoms with Crippen LogP contribution in [0.4, 0.5) is 13.2 Å². The molecule has 0 aromatic heterocycles. The molecule has 138 valence electrons. The van der Waals surface area contributed by atoms with E-state index in [1.807, 2.05) is 12.1 Å². The van der Waals surface area contributed by atoms with Gasteiger partial charge in [0.15, 0.2) is 0 Å². The van der Waals surface area contributed by atoms with Crippen LogP contribution in [0.5, 0.6) is 0 Å². The lowest BCUT2D eigenvalue weighted by Gasteiger charge is -2.15. The number of hydrogen-bond acceptors (Lipinski definition) is 2. The van der Waals surface area contributed by atoms with Crippen LogP contribution in [0.3, 0.4) is 0 Å². The topological polar surface area (TPSA) is 24.4 Å². The van der Waals surface area contributed by atoms with Crippen molar-refractivity contribution in [3.05, 3.63) is 68.1 Å². The van der Waals surface area contributed by atoms with Crippen LogP contribution >= 0.6 is 27.5 Å². The first-order valence-electron chi connectivity index (χ1n) is 8.23. The van der Waals surface area contributed by atoms with Gasteiger partial charge >= 0.3 is 6.18 Å². The van der Waals surface area contributed by atoms with Crippen molar-refractivity contribution in [3.8, 4) is 0 Å². The van der Waals surface area contributed by atoms with Crippen molar-refractivity contribution < 1.29 is 13.2 Å². The maximum Gasteiger partial charge on any atom is 0.393 e. The molecule has 0 saturated heterocycles. The maximum atomic E-state index is 12.9. The predicted octanol–water partition coefficient (Wildman–Crippen LogP) is 5.34. The fraction of sp³-hybridized carbons (Fsp3) is 0.316. The molecule has 0 amide bonds. The highest BCUT2D eigenvalue weighted by Crippen LogP contribution is 2.28. The SMILES string of the molecule is FC(F)(F)Cc1ccc(Br)cc1CCc1c(Cl)cccc1C1=NCCN1. The maximum absolute atomic E-state index is 12.9. The summed E-state index contributed by atoms with van der Waals surface area (Å²) in [4.78, 5) is 4.43. The van der Waals surface area contributed by atoms with Crippen LogP contribution < -0.4 is 5.32 Å². The van der Waals surface area contributed by atoms with Crippen LogP contribution in [0.1, 0.15) is 22.3 Å². The molecule has 2 nitrogen and oxygen atoms in total. The number of aliphatic imine (C=N–C) groups is 1. The van der Waals surface area contributed by atoms with Crippen LogP contribution in [0.2, 0.25) is 5.02 Å². The molecular weight excluding hydrogens is 429 g/mol. The first kappa shape index (κ1) is 19.2. The molecule has 1 N–H and O–H groups in total. The average Bonchev–Trinajstić information content (AvgIpc) is 3.09. The summed E-state index contributed by atoms with van der Waals surface area (Å²) in [5.74, 6) is 0.798. The Kier molecular flexibility index (Phi) is 5.92. The lowest BCUT2D eigenvalue weighted by molar-refractivity contribution is -0.127. The van der Waals surface area contributed by atoms with Crippen molar-refractivity contribution in [1.29, 1.82) is 0 Å². The third-order valence-corrected chi connectivity index (χ3v) is 5.10. The molecule has 0 unspecified atom stereocenters. The van der Waals surface area contributed by atoms with Crippen LogP contribution in [0.15, 0.2) is 45.9 Å². The van der Waals surface area contributed by atoms with E-state index in [9.17, 15) is 13.2 Å². The van der Waals surface area contributed by atoms with Crippen LogP contribution in [-0.2, 0) is 19.3 Å². The fourth-order valence-corrected chi connectivity index (χ4v) is 3.77. The van der Waals surface area contributed by atoms with Gasteiger partial charge in [0.25, 0.3) is 0 Å². The van der Waals surface area contributed by atoms with E-state index >= 15 is 0 Å². The van der Waals surface area contributed by atoms with Crippen LogP contribution in [0, 0.1) is 0 Å². The van der Waals surface area contributed by atoms with Gasteiger partial charge in [-0.3, -0.25) is 4.99 Å². The molecular formula is C19H17BrClF3N2. The zero-order chi connectivity index (χ0) is 18.7. The fourth-order valence-electron chi connectivity index (χ4n) is 3.09. The minimum Gasteiger partial charge on any atom is -0.368 e. The van der Waals surface area contributed by atoms with Gasteiger partial charge in [0.05, 0.1) is 13.0 Å². The highest BCUT2D eigenvalue weighted by atomic mass is 79.9. The second-order valence-electron chi connectivity index (χ2n) is 6.13. The molecule has 7 heteroatoms. The van der Waals surface area contributed by atoms with E-state index in [1.54, 1.807) is 18.2 Å². The molecule has 3 rings (SSSR count). The first-order chi connectivity index (χ1) is 12.3. The average molecular weight is 446 g/mol. The summed E-state index contributed by atoms with van der Waals surface area (Å²) >= 11 is 9.73. The Hall–Kier alpha value is -1.53. The number of alkyl halides is 3. The number of amidine groups is 1. The number of halogens is 5. The Balaban J connectivity index is 1.87. The van der Waals surface area contributed by atoms with Gasteiger partial charge in [-0.1, -0.05) is 45.7 Å². The summed E-state index contributed by atoms with van der Waals surface area (Å²) in [5.41, 5.74) is 2.79. The molecule has 1 heterocycles. The summed E-state index contributed by atoms with van der Waals surface area (Å²) in [5, 5.41) is 3.83. The van der Waals surface area contributed by atoms with Gasteiger partial charge in [0, 0.05) is 21.6 Å². The van der Waals surface area contributed by atoms with Crippen LogP contribution in [-0.4, -0.2) is 25.1 Å². The second kappa shape index (κ2) is 8.01. The zero-order valence-corrected chi connectivity index (χ0v) is 16.2. The molecule has 0 radical (unpaired) electrons. The van der Waals surface area contributed by atoms with E-state index < -0.39 is 12.6 Å². The number of nitrogens with one attached hydrogen (secondary N) is 1. The standard InChI is InChI=1S/C19H17BrClF3N2/c20-14-6-4-13(11-19(22,23)24)12(10-14)5-7-15-16(2-1-3-17(15)21)18-25-8-9-26-18/h1-4,6,10H,5,7-9,11H2,(H,25,26). The smallest absolute Gasteiger partial charge is 0.368 e. The molecule has 0 fully saturated rings. The van der Waals surface area contributed by atoms with Crippen LogP contribution in [0.25, 0.3) is 0 Å². The summed E-state index contributed by atoms with van der Waals surface area (Å²) in [7, 11) is 0. The Labute approximate surface area is 163 Å². The Morgan fingerprint density at radius 3 is 2.62 bits per heavy atom. The highest BCUT2D eigenvalue weighted by Gasteiger charge is 2.28. The van der Waals surface area contributed by atoms with E-state index in [0.29, 0.717) is 35.5 Å². The summed E-state index contributed by atoms with van der Waals surface area (Å²) in [6, 6.07) is 10.5. The second-order valence-corrected chi connectivity index (χ2v) is 7.45. The lowest BCUT2D eigenvalue weighted by atomic mass is 9.95. The molecule has 1 aliphatic heterocycles. The monoisotopic (exact) mass is 444 g/mol. The van der Waals surface area contributed by atoms with E-state index in [1.165, 1.54) is 6.07 Å². The molecule has 26 heavy (non-hydrogen) atoms. The highest BCUT2D eigenvalue weighted by molar-refractivity contribution is 9.10. The number of rotatable bonds is 5. The Morgan fingerprint density at radius 1 is 1.12 bits per heavy atom. The number of nitrogens with zero attached hydrogens (tertiary/aromatic N) is 1. The summed E-state index contributed by atoms with van der Waals surface area (Å²) in [6.45, 7) is 1.49. The molecule has 0 spiro atoms. The van der Waals surface area contributed by atoms with Crippen molar-refractivity contribution in [1.82, 2.24) is 5.32 Å². The van der Waals surface area contributed by atoms with Gasteiger partial charge in [-0.15, -0.1) is 0 Å². The molecule has 2 aromatic carbocycles. The van der Waals surface area contributed by atoms with Gasteiger partial charge in [0.1, 0.15) is 5.84 Å². The van der Waals surface area contributed by atoms with Gasteiger partial charge in [-0.25, -0.2) is 0 Å². The summed E-state index contributed by atoms with van der Waals surface area (Å²) in [6.07, 6.45) is -4.16. The number of benzene rings is 2. The Morgan fingerprint density at radius 2 is 1.92 bits per heavy atom. The van der Waals surface area contributed by atoms with Gasteiger partial charge < -0.3 is 5.32 Å². The van der Waals surface area contributed by atoms with Gasteiger partial charge in [0.2, 0.25) is 0 Å². The molecule has 2 aromatic rings. The molecule has 0 aliphatic carbocycles. The molecule has 0 bridgehead atoms. The normalized spacial score (nSPS) is 14.3. The zero-order valence-electron chi connectivity index (χ0n) is 13.8. The van der Waals surface area contributed by atoms with E-state index in [2.05, 4.69) is 26.2 Å². The largest absolute Gasteiger partial charge is 0.393 e. The van der Waals surface area contributed by atoms with Crippen molar-refractivity contribution in [3.63, 3.8) is 0 Å². The Bertz CT molecular complexity index is 834. The third-order valence-electron chi connectivity index (χ3n) is 4.25. The van der Waals surface area contributed by atoms with Gasteiger partial charge in [-0.2, -0.15) is 13.2 Å². The van der Waals surface area contributed by atoms with Crippen molar-refractivity contribution >= 4 is 33.4 Å². The van der Waals surface area contributed by atoms with E-state index in [4.69, 9.17) is 11.6 Å². The van der Waals surface area contributed by atoms with Gasteiger partial charge in [-0.05, 0) is 47.7 Å². The lowest BCUT2D eigenvalue weighted by Crippen LogP contribution is -2.21. The number of hydrogen-bond donors (Lipinski definition) is 1. The van der Waals surface area contributed by atoms with Crippen molar-refractivity contribution in [2.45, 2.75) is 25.4 Å². The van der Waals surface area contributed by atoms with E-state index in [0.717, 1.165) is 28.0 Å². The molecule has 0 saturated carbocycles. The third kappa shape index (κ3) is 4.80. The number of aryl methyl sites for hydroxylation is 1. The first-order valence-corrected chi connectivity index (χ1v) is 9.41. The molecule has 1 aliphatic rings.